The summed E-state index contributed by atoms with van der Waals surface area (Å²) in [6.45, 7) is 1.45. The highest BCUT2D eigenvalue weighted by Gasteiger charge is 2.27. The van der Waals surface area contributed by atoms with E-state index in [4.69, 9.17) is 4.52 Å². The highest BCUT2D eigenvalue weighted by Crippen LogP contribution is 2.19. The summed E-state index contributed by atoms with van der Waals surface area (Å²) < 4.78 is 4.76. The zero-order chi connectivity index (χ0) is 11.4. The van der Waals surface area contributed by atoms with Gasteiger partial charge < -0.3 is 9.63 Å². The van der Waals surface area contributed by atoms with E-state index in [2.05, 4.69) is 5.16 Å². The molecule has 5 nitrogen and oxygen atoms in total. The summed E-state index contributed by atoms with van der Waals surface area (Å²) in [7, 11) is 0. The van der Waals surface area contributed by atoms with E-state index in [9.17, 15) is 9.90 Å². The first-order chi connectivity index (χ1) is 7.77. The number of aliphatic carboxylic acids is 1. The molecule has 0 saturated carbocycles. The first-order valence-corrected chi connectivity index (χ1v) is 5.62. The van der Waals surface area contributed by atoms with Gasteiger partial charge in [-0.25, -0.2) is 0 Å². The van der Waals surface area contributed by atoms with Gasteiger partial charge in [-0.05, 0) is 19.4 Å². The molecule has 1 unspecified atom stereocenters. The molecule has 0 spiro atoms. The largest absolute Gasteiger partial charge is 0.480 e. The minimum absolute atomic E-state index is 0.364. The number of carbonyl (C=O) groups is 1. The van der Waals surface area contributed by atoms with Gasteiger partial charge in [0.15, 0.2) is 0 Å². The van der Waals surface area contributed by atoms with Gasteiger partial charge in [-0.2, -0.15) is 0 Å². The van der Waals surface area contributed by atoms with Crippen LogP contribution in [-0.2, 0) is 11.3 Å². The molecule has 5 heteroatoms. The number of likely N-dealkylation sites (tertiary alicyclic amines) is 1. The Bertz CT molecular complexity index is 337. The zero-order valence-electron chi connectivity index (χ0n) is 9.13. The molecule has 2 heterocycles. The Morgan fingerprint density at radius 1 is 1.56 bits per heavy atom. The maximum Gasteiger partial charge on any atom is 0.320 e. The summed E-state index contributed by atoms with van der Waals surface area (Å²) >= 11 is 0. The van der Waals surface area contributed by atoms with E-state index in [-0.39, 0.29) is 6.04 Å². The summed E-state index contributed by atoms with van der Waals surface area (Å²) in [5.74, 6) is -0.724. The summed E-state index contributed by atoms with van der Waals surface area (Å²) in [6.07, 6.45) is 7.13. The van der Waals surface area contributed by atoms with Gasteiger partial charge in [-0.15, -0.1) is 0 Å². The second-order valence-electron chi connectivity index (χ2n) is 4.21. The van der Waals surface area contributed by atoms with E-state index in [0.29, 0.717) is 6.54 Å². The third-order valence-electron chi connectivity index (χ3n) is 3.02. The highest BCUT2D eigenvalue weighted by molar-refractivity contribution is 5.73. The summed E-state index contributed by atoms with van der Waals surface area (Å²) in [4.78, 5) is 13.2. The van der Waals surface area contributed by atoms with Crippen molar-refractivity contribution in [2.75, 3.05) is 6.54 Å². The molecule has 88 valence electrons. The van der Waals surface area contributed by atoms with Gasteiger partial charge >= 0.3 is 5.97 Å². The Kier molecular flexibility index (Phi) is 3.56. The third-order valence-corrected chi connectivity index (χ3v) is 3.02. The molecule has 0 bridgehead atoms. The Labute approximate surface area is 94.0 Å². The molecule has 1 aliphatic rings. The second kappa shape index (κ2) is 5.12. The first-order valence-electron chi connectivity index (χ1n) is 5.62. The molecule has 2 rings (SSSR count). The van der Waals surface area contributed by atoms with Crippen LogP contribution in [0.3, 0.4) is 0 Å². The topological polar surface area (TPSA) is 66.6 Å². The number of carboxylic acid groups (broad SMARTS) is 1. The maximum atomic E-state index is 11.2. The Morgan fingerprint density at radius 2 is 2.44 bits per heavy atom. The number of aromatic nitrogens is 1. The lowest BCUT2D eigenvalue weighted by atomic mass is 10.1. The molecule has 1 aliphatic heterocycles. The molecule has 1 fully saturated rings. The maximum absolute atomic E-state index is 11.2. The van der Waals surface area contributed by atoms with Gasteiger partial charge in [0, 0.05) is 12.1 Å². The van der Waals surface area contributed by atoms with E-state index < -0.39 is 5.97 Å². The minimum atomic E-state index is -0.724. The minimum Gasteiger partial charge on any atom is -0.480 e. The second-order valence-corrected chi connectivity index (χ2v) is 4.21. The van der Waals surface area contributed by atoms with Crippen molar-refractivity contribution in [3.63, 3.8) is 0 Å². The molecule has 16 heavy (non-hydrogen) atoms. The van der Waals surface area contributed by atoms with Crippen LogP contribution >= 0.6 is 0 Å². The smallest absolute Gasteiger partial charge is 0.320 e. The Balaban J connectivity index is 2.05. The fourth-order valence-corrected chi connectivity index (χ4v) is 2.18. The summed E-state index contributed by atoms with van der Waals surface area (Å²) in [6, 6.07) is -0.364. The number of hydrogen-bond donors (Lipinski definition) is 1. The molecule has 1 N–H and O–H groups in total. The van der Waals surface area contributed by atoms with Gasteiger partial charge in [0.2, 0.25) is 0 Å². The molecule has 1 atom stereocenters. The van der Waals surface area contributed by atoms with Gasteiger partial charge in [0.25, 0.3) is 0 Å². The molecular weight excluding hydrogens is 208 g/mol. The van der Waals surface area contributed by atoms with Crippen molar-refractivity contribution >= 4 is 5.97 Å². The normalized spacial score (nSPS) is 22.9. The molecule has 1 aromatic rings. The van der Waals surface area contributed by atoms with E-state index >= 15 is 0 Å². The molecule has 1 aromatic heterocycles. The van der Waals surface area contributed by atoms with Crippen molar-refractivity contribution in [2.24, 2.45) is 0 Å². The van der Waals surface area contributed by atoms with Gasteiger partial charge in [0.1, 0.15) is 12.3 Å². The fourth-order valence-electron chi connectivity index (χ4n) is 2.18. The Hall–Kier alpha value is -1.36. The van der Waals surface area contributed by atoms with Crippen LogP contribution in [0.4, 0.5) is 0 Å². The van der Waals surface area contributed by atoms with Gasteiger partial charge in [-0.1, -0.05) is 18.0 Å². The third kappa shape index (κ3) is 2.61. The lowest BCUT2D eigenvalue weighted by Crippen LogP contribution is -2.40. The Morgan fingerprint density at radius 3 is 3.12 bits per heavy atom. The fraction of sp³-hybridized carbons (Fsp3) is 0.636. The SMILES string of the molecule is O=C(O)C1CCCCCN1Cc1cnoc1. The van der Waals surface area contributed by atoms with Crippen molar-refractivity contribution in [1.82, 2.24) is 10.1 Å². The average Bonchev–Trinajstić information content (AvgIpc) is 2.63. The first kappa shape index (κ1) is 11.1. The molecule has 0 amide bonds. The molecule has 0 aromatic carbocycles. The number of nitrogens with zero attached hydrogens (tertiary/aromatic N) is 2. The van der Waals surface area contributed by atoms with E-state index in [1.54, 1.807) is 12.5 Å². The highest BCUT2D eigenvalue weighted by atomic mass is 16.5. The van der Waals surface area contributed by atoms with Crippen molar-refractivity contribution < 1.29 is 14.4 Å². The van der Waals surface area contributed by atoms with Crippen LogP contribution in [0.15, 0.2) is 17.0 Å². The van der Waals surface area contributed by atoms with E-state index in [1.807, 2.05) is 4.90 Å². The monoisotopic (exact) mass is 224 g/mol. The van der Waals surface area contributed by atoms with Crippen LogP contribution in [-0.4, -0.2) is 33.7 Å². The van der Waals surface area contributed by atoms with Crippen molar-refractivity contribution in [2.45, 2.75) is 38.3 Å². The number of rotatable bonds is 3. The standard InChI is InChI=1S/C11H16N2O3/c14-11(15)10-4-2-1-3-5-13(10)7-9-6-12-16-8-9/h6,8,10H,1-5,7H2,(H,14,15). The predicted octanol–water partition coefficient (Wildman–Crippen LogP) is 1.50. The van der Waals surface area contributed by atoms with Gasteiger partial charge in [-0.3, -0.25) is 9.69 Å². The van der Waals surface area contributed by atoms with Crippen molar-refractivity contribution in [3.05, 3.63) is 18.0 Å². The van der Waals surface area contributed by atoms with E-state index in [1.165, 1.54) is 0 Å². The zero-order valence-corrected chi connectivity index (χ0v) is 9.13. The van der Waals surface area contributed by atoms with Crippen molar-refractivity contribution in [1.29, 1.82) is 0 Å². The van der Waals surface area contributed by atoms with Gasteiger partial charge in [0.05, 0.1) is 6.20 Å². The molecule has 1 saturated heterocycles. The van der Waals surface area contributed by atoms with Crippen LogP contribution in [0.1, 0.15) is 31.2 Å². The molecule has 0 radical (unpaired) electrons. The van der Waals surface area contributed by atoms with Crippen LogP contribution in [0, 0.1) is 0 Å². The number of carboxylic acids is 1. The van der Waals surface area contributed by atoms with E-state index in [0.717, 1.165) is 37.8 Å². The van der Waals surface area contributed by atoms with Crippen LogP contribution in [0.25, 0.3) is 0 Å². The average molecular weight is 224 g/mol. The lowest BCUT2D eigenvalue weighted by Gasteiger charge is -2.25. The summed E-state index contributed by atoms with van der Waals surface area (Å²) in [5.41, 5.74) is 0.938. The lowest BCUT2D eigenvalue weighted by molar-refractivity contribution is -0.143. The van der Waals surface area contributed by atoms with Crippen LogP contribution in [0.5, 0.6) is 0 Å². The number of hydrogen-bond acceptors (Lipinski definition) is 4. The molecule has 0 aliphatic carbocycles. The van der Waals surface area contributed by atoms with Crippen LogP contribution in [0.2, 0.25) is 0 Å². The molecular formula is C11H16N2O3. The summed E-state index contributed by atoms with van der Waals surface area (Å²) in [5, 5.41) is 12.8. The van der Waals surface area contributed by atoms with Crippen molar-refractivity contribution in [3.8, 4) is 0 Å². The van der Waals surface area contributed by atoms with Crippen LogP contribution < -0.4 is 0 Å². The predicted molar refractivity (Wildman–Crippen MR) is 56.8 cm³/mol. The quantitative estimate of drug-likeness (QED) is 0.842.